The smallest absolute Gasteiger partial charge is 0.129 e. The van der Waals surface area contributed by atoms with Crippen molar-refractivity contribution in [3.05, 3.63) is 29.0 Å². The quantitative estimate of drug-likeness (QED) is 0.581. The molecule has 1 aromatic heterocycles. The molecule has 2 nitrogen and oxygen atoms in total. The van der Waals surface area contributed by atoms with Gasteiger partial charge in [0.25, 0.3) is 0 Å². The van der Waals surface area contributed by atoms with Crippen molar-refractivity contribution in [2.24, 2.45) is 5.92 Å². The fraction of sp³-hybridized carbons (Fsp3) is 0.615. The molecule has 0 aliphatic rings. The molecule has 0 aromatic carbocycles. The molecule has 0 aliphatic heterocycles. The number of hydrogen-bond acceptors (Lipinski definition) is 2. The molecular weight excluding hydrogens is 220 g/mol. The first kappa shape index (κ1) is 13.5. The van der Waals surface area contributed by atoms with Crippen molar-refractivity contribution in [2.45, 2.75) is 39.7 Å². The van der Waals surface area contributed by atoms with Crippen LogP contribution in [0.15, 0.2) is 18.3 Å². The molecular formula is C13H21ClN2. The van der Waals surface area contributed by atoms with Gasteiger partial charge in [0, 0.05) is 12.7 Å². The number of hydrogen-bond donors (Lipinski definition) is 1. The second-order valence-corrected chi connectivity index (χ2v) is 4.94. The average molecular weight is 241 g/mol. The largest absolute Gasteiger partial charge is 0.313 e. The highest BCUT2D eigenvalue weighted by Gasteiger charge is 1.95. The number of rotatable bonds is 7. The first-order valence-corrected chi connectivity index (χ1v) is 6.37. The van der Waals surface area contributed by atoms with Gasteiger partial charge in [0.2, 0.25) is 0 Å². The van der Waals surface area contributed by atoms with Gasteiger partial charge in [-0.25, -0.2) is 4.98 Å². The van der Waals surface area contributed by atoms with E-state index in [-0.39, 0.29) is 0 Å². The molecule has 0 saturated heterocycles. The second kappa shape index (κ2) is 7.64. The van der Waals surface area contributed by atoms with Gasteiger partial charge in [-0.15, -0.1) is 0 Å². The summed E-state index contributed by atoms with van der Waals surface area (Å²) in [5, 5.41) is 3.97. The minimum atomic E-state index is 0.556. The molecule has 1 rings (SSSR count). The molecule has 0 fully saturated rings. The number of aromatic nitrogens is 1. The fourth-order valence-electron chi connectivity index (χ4n) is 1.55. The molecule has 0 amide bonds. The molecule has 0 unspecified atom stereocenters. The Balaban J connectivity index is 2.05. The van der Waals surface area contributed by atoms with Crippen molar-refractivity contribution >= 4 is 11.6 Å². The number of halogens is 1. The summed E-state index contributed by atoms with van der Waals surface area (Å²) in [6.45, 7) is 6.50. The van der Waals surface area contributed by atoms with E-state index in [2.05, 4.69) is 24.1 Å². The highest BCUT2D eigenvalue weighted by Crippen LogP contribution is 2.06. The van der Waals surface area contributed by atoms with Crippen LogP contribution in [0.3, 0.4) is 0 Å². The van der Waals surface area contributed by atoms with Gasteiger partial charge in [0.05, 0.1) is 0 Å². The zero-order valence-corrected chi connectivity index (χ0v) is 10.9. The number of nitrogens with zero attached hydrogens (tertiary/aromatic N) is 1. The lowest BCUT2D eigenvalue weighted by Gasteiger charge is -2.06. The Hall–Kier alpha value is -0.600. The van der Waals surface area contributed by atoms with Crippen LogP contribution in [0.4, 0.5) is 0 Å². The monoisotopic (exact) mass is 240 g/mol. The highest BCUT2D eigenvalue weighted by atomic mass is 35.5. The van der Waals surface area contributed by atoms with Crippen molar-refractivity contribution in [2.75, 3.05) is 6.54 Å². The minimum absolute atomic E-state index is 0.556. The summed E-state index contributed by atoms with van der Waals surface area (Å²) >= 11 is 5.71. The lowest BCUT2D eigenvalue weighted by molar-refractivity contribution is 0.520. The Bertz CT molecular complexity index is 282. The van der Waals surface area contributed by atoms with E-state index in [1.165, 1.54) is 24.8 Å². The maximum absolute atomic E-state index is 5.71. The lowest BCUT2D eigenvalue weighted by Crippen LogP contribution is -2.14. The van der Waals surface area contributed by atoms with E-state index >= 15 is 0 Å². The Morgan fingerprint density at radius 1 is 1.31 bits per heavy atom. The summed E-state index contributed by atoms with van der Waals surface area (Å²) in [4.78, 5) is 4.04. The lowest BCUT2D eigenvalue weighted by atomic mass is 10.1. The Morgan fingerprint density at radius 2 is 2.12 bits per heavy atom. The first-order valence-electron chi connectivity index (χ1n) is 5.99. The van der Waals surface area contributed by atoms with Gasteiger partial charge in [-0.2, -0.15) is 0 Å². The van der Waals surface area contributed by atoms with Gasteiger partial charge in [0.15, 0.2) is 0 Å². The number of unbranched alkanes of at least 4 members (excludes halogenated alkanes) is 1. The van der Waals surface area contributed by atoms with Gasteiger partial charge in [-0.3, -0.25) is 0 Å². The molecule has 0 saturated carbocycles. The summed E-state index contributed by atoms with van der Waals surface area (Å²) in [5.74, 6) is 0.820. The van der Waals surface area contributed by atoms with Crippen LogP contribution >= 0.6 is 11.6 Å². The third-order valence-corrected chi connectivity index (χ3v) is 2.73. The van der Waals surface area contributed by atoms with Gasteiger partial charge in [0.1, 0.15) is 5.15 Å². The molecule has 0 atom stereocenters. The molecule has 0 radical (unpaired) electrons. The summed E-state index contributed by atoms with van der Waals surface area (Å²) in [6.07, 6.45) is 5.70. The van der Waals surface area contributed by atoms with Crippen LogP contribution in [-0.4, -0.2) is 11.5 Å². The fourth-order valence-corrected chi connectivity index (χ4v) is 1.66. The Morgan fingerprint density at radius 3 is 2.75 bits per heavy atom. The standard InChI is InChI=1S/C13H21ClN2/c1-11(2)5-3-4-8-15-9-12-6-7-13(14)16-10-12/h6-7,10-11,15H,3-5,8-9H2,1-2H3. The average Bonchev–Trinajstić information content (AvgIpc) is 2.25. The van der Waals surface area contributed by atoms with Crippen LogP contribution in [0, 0.1) is 5.92 Å². The van der Waals surface area contributed by atoms with Crippen LogP contribution in [0.1, 0.15) is 38.7 Å². The predicted molar refractivity (Wildman–Crippen MR) is 69.6 cm³/mol. The molecule has 0 bridgehead atoms. The van der Waals surface area contributed by atoms with Crippen molar-refractivity contribution < 1.29 is 0 Å². The SMILES string of the molecule is CC(C)CCCCNCc1ccc(Cl)nc1. The molecule has 1 aromatic rings. The molecule has 0 spiro atoms. The normalized spacial score (nSPS) is 11.0. The first-order chi connectivity index (χ1) is 7.68. The van der Waals surface area contributed by atoms with Crippen LogP contribution < -0.4 is 5.32 Å². The second-order valence-electron chi connectivity index (χ2n) is 4.56. The molecule has 16 heavy (non-hydrogen) atoms. The van der Waals surface area contributed by atoms with E-state index < -0.39 is 0 Å². The molecule has 3 heteroatoms. The van der Waals surface area contributed by atoms with Gasteiger partial charge in [-0.1, -0.05) is 44.4 Å². The van der Waals surface area contributed by atoms with E-state index in [1.54, 1.807) is 0 Å². The Kier molecular flexibility index (Phi) is 6.43. The Labute approximate surface area is 103 Å². The van der Waals surface area contributed by atoms with Crippen LogP contribution in [0.25, 0.3) is 0 Å². The van der Waals surface area contributed by atoms with Crippen molar-refractivity contribution in [1.82, 2.24) is 10.3 Å². The summed E-state index contributed by atoms with van der Waals surface area (Å²) in [7, 11) is 0. The van der Waals surface area contributed by atoms with E-state index in [4.69, 9.17) is 11.6 Å². The van der Waals surface area contributed by atoms with E-state index in [1.807, 2.05) is 18.3 Å². The summed E-state index contributed by atoms with van der Waals surface area (Å²) in [6, 6.07) is 3.84. The molecule has 90 valence electrons. The maximum Gasteiger partial charge on any atom is 0.129 e. The van der Waals surface area contributed by atoms with E-state index in [0.29, 0.717) is 5.15 Å². The van der Waals surface area contributed by atoms with Gasteiger partial charge < -0.3 is 5.32 Å². The van der Waals surface area contributed by atoms with Crippen molar-refractivity contribution in [3.8, 4) is 0 Å². The van der Waals surface area contributed by atoms with E-state index in [9.17, 15) is 0 Å². The van der Waals surface area contributed by atoms with Crippen molar-refractivity contribution in [3.63, 3.8) is 0 Å². The molecule has 1 heterocycles. The summed E-state index contributed by atoms with van der Waals surface area (Å²) < 4.78 is 0. The van der Waals surface area contributed by atoms with Gasteiger partial charge >= 0.3 is 0 Å². The van der Waals surface area contributed by atoms with Crippen LogP contribution in [0.5, 0.6) is 0 Å². The van der Waals surface area contributed by atoms with E-state index in [0.717, 1.165) is 19.0 Å². The van der Waals surface area contributed by atoms with Crippen LogP contribution in [0.2, 0.25) is 5.15 Å². The maximum atomic E-state index is 5.71. The zero-order chi connectivity index (χ0) is 11.8. The highest BCUT2D eigenvalue weighted by molar-refractivity contribution is 6.29. The molecule has 0 aliphatic carbocycles. The number of pyridine rings is 1. The third-order valence-electron chi connectivity index (χ3n) is 2.50. The minimum Gasteiger partial charge on any atom is -0.313 e. The predicted octanol–water partition coefficient (Wildman–Crippen LogP) is 3.65. The van der Waals surface area contributed by atoms with Crippen molar-refractivity contribution in [1.29, 1.82) is 0 Å². The number of nitrogens with one attached hydrogen (secondary N) is 1. The topological polar surface area (TPSA) is 24.9 Å². The third kappa shape index (κ3) is 6.09. The zero-order valence-electron chi connectivity index (χ0n) is 10.2. The van der Waals surface area contributed by atoms with Crippen LogP contribution in [-0.2, 0) is 6.54 Å². The summed E-state index contributed by atoms with van der Waals surface area (Å²) in [5.41, 5.74) is 1.19. The molecule has 1 N–H and O–H groups in total. The van der Waals surface area contributed by atoms with Gasteiger partial charge in [-0.05, 0) is 30.5 Å².